The second-order valence-electron chi connectivity index (χ2n) is 11.9. The highest BCUT2D eigenvalue weighted by molar-refractivity contribution is 6.12. The first-order valence-corrected chi connectivity index (χ1v) is 18.7. The molecule has 1 aliphatic heterocycles. The number of rotatable bonds is 31. The number of carbonyl (C=O) groups excluding carboxylic acids is 4. The number of carbonyl (C=O) groups is 5. The zero-order valence-electron chi connectivity index (χ0n) is 33.4. The van der Waals surface area contributed by atoms with Gasteiger partial charge in [-0.05, 0) is 38.5 Å². The van der Waals surface area contributed by atoms with Gasteiger partial charge in [-0.1, -0.05) is 20.8 Å². The lowest BCUT2D eigenvalue weighted by Gasteiger charge is -2.21. The molecular formula is C36H66N2O18. The summed E-state index contributed by atoms with van der Waals surface area (Å²) in [4.78, 5) is 57.1. The van der Waals surface area contributed by atoms with Gasteiger partial charge < -0.3 is 69.1 Å². The molecule has 56 heavy (non-hydrogen) atoms. The normalized spacial score (nSPS) is 15.4. The van der Waals surface area contributed by atoms with Crippen molar-refractivity contribution >= 4 is 29.7 Å². The molecule has 328 valence electrons. The molecule has 6 unspecified atom stereocenters. The Morgan fingerprint density at radius 1 is 0.679 bits per heavy atom. The molecule has 0 aromatic carbocycles. The van der Waals surface area contributed by atoms with Gasteiger partial charge in [-0.3, -0.25) is 28.9 Å². The van der Waals surface area contributed by atoms with Crippen molar-refractivity contribution in [3.8, 4) is 0 Å². The standard InChI is InChI=1S/C17H28N2O7.C12H22O7.C7H16O4/c1-2-13(11-20)26-17(12-21)25-10-8-18-14(22)5-3-4-9-19-15(23)6-7-16(19)24;1-3-9(7-13)19-12(17-2)8-18-11(16)6-4-5-10(14)15;1-3-6(4-8)11-7(5-9)10-2/h6-7,13,17,20-21H,2-5,8-12H2,1H3,(H,18,22);9,12-13H,3-8H2,1-2H3,(H,14,15);6-9H,3-5H2,1-2H3. The van der Waals surface area contributed by atoms with E-state index in [1.165, 1.54) is 26.4 Å². The predicted molar refractivity (Wildman–Crippen MR) is 197 cm³/mol. The molecule has 20 heteroatoms. The van der Waals surface area contributed by atoms with E-state index in [0.29, 0.717) is 38.6 Å². The second-order valence-corrected chi connectivity index (χ2v) is 11.9. The number of methoxy groups -OCH3 is 2. The highest BCUT2D eigenvalue weighted by Gasteiger charge is 2.22. The number of esters is 1. The van der Waals surface area contributed by atoms with Crippen molar-refractivity contribution in [1.29, 1.82) is 0 Å². The minimum atomic E-state index is -0.945. The van der Waals surface area contributed by atoms with Crippen LogP contribution in [0.15, 0.2) is 12.2 Å². The molecule has 3 amide bonds. The number of carboxylic acids is 1. The number of nitrogens with zero attached hydrogens (tertiary/aromatic N) is 1. The molecule has 0 aliphatic carbocycles. The van der Waals surface area contributed by atoms with Gasteiger partial charge in [0.1, 0.15) is 6.61 Å². The largest absolute Gasteiger partial charge is 0.481 e. The number of hydrogen-bond donors (Lipinski definition) is 7. The summed E-state index contributed by atoms with van der Waals surface area (Å²) >= 11 is 0. The molecule has 0 aromatic rings. The van der Waals surface area contributed by atoms with Gasteiger partial charge in [-0.15, -0.1) is 0 Å². The van der Waals surface area contributed by atoms with Gasteiger partial charge in [0.05, 0.1) is 58.0 Å². The summed E-state index contributed by atoms with van der Waals surface area (Å²) in [6.45, 7) is 5.39. The van der Waals surface area contributed by atoms with E-state index < -0.39 is 36.9 Å². The maximum absolute atomic E-state index is 11.7. The van der Waals surface area contributed by atoms with E-state index in [1.54, 1.807) is 0 Å². The molecule has 0 saturated carbocycles. The number of ether oxygens (including phenoxy) is 7. The Bertz CT molecular complexity index is 1040. The van der Waals surface area contributed by atoms with Gasteiger partial charge >= 0.3 is 11.9 Å². The Morgan fingerprint density at radius 3 is 1.62 bits per heavy atom. The Kier molecular flexibility index (Phi) is 35.5. The van der Waals surface area contributed by atoms with Gasteiger partial charge in [0.2, 0.25) is 5.91 Å². The van der Waals surface area contributed by atoms with Crippen molar-refractivity contribution in [3.63, 3.8) is 0 Å². The van der Waals surface area contributed by atoms with Crippen LogP contribution in [0.1, 0.15) is 78.6 Å². The summed E-state index contributed by atoms with van der Waals surface area (Å²) < 4.78 is 35.8. The lowest BCUT2D eigenvalue weighted by molar-refractivity contribution is -0.194. The molecular weight excluding hydrogens is 748 g/mol. The summed E-state index contributed by atoms with van der Waals surface area (Å²) in [6.07, 6.45) is 2.80. The molecule has 1 rings (SSSR count). The van der Waals surface area contributed by atoms with E-state index in [2.05, 4.69) is 5.32 Å². The van der Waals surface area contributed by atoms with Crippen LogP contribution in [-0.2, 0) is 57.1 Å². The minimum absolute atomic E-state index is 0.0416. The van der Waals surface area contributed by atoms with Crippen molar-refractivity contribution in [2.75, 3.05) is 73.6 Å². The van der Waals surface area contributed by atoms with Crippen molar-refractivity contribution in [3.05, 3.63) is 12.2 Å². The quantitative estimate of drug-likeness (QED) is 0.0203. The molecule has 0 aromatic heterocycles. The van der Waals surface area contributed by atoms with Gasteiger partial charge in [0.15, 0.2) is 18.9 Å². The van der Waals surface area contributed by atoms with E-state index in [9.17, 15) is 24.0 Å². The van der Waals surface area contributed by atoms with Gasteiger partial charge in [-0.2, -0.15) is 0 Å². The topological polar surface area (TPSA) is 287 Å². The lowest BCUT2D eigenvalue weighted by atomic mass is 10.2. The molecule has 0 bridgehead atoms. The number of nitrogens with one attached hydrogen (secondary N) is 1. The fourth-order valence-electron chi connectivity index (χ4n) is 4.21. The third kappa shape index (κ3) is 28.3. The summed E-state index contributed by atoms with van der Waals surface area (Å²) in [6, 6.07) is 0. The first kappa shape index (κ1) is 54.9. The first-order chi connectivity index (χ1) is 26.8. The molecule has 6 atom stereocenters. The number of unbranched alkanes of at least 4 members (excludes halogenated alkanes) is 1. The van der Waals surface area contributed by atoms with Gasteiger partial charge in [0.25, 0.3) is 11.8 Å². The summed E-state index contributed by atoms with van der Waals surface area (Å²) in [5, 5.41) is 55.6. The van der Waals surface area contributed by atoms with E-state index in [-0.39, 0.29) is 108 Å². The number of amides is 3. The van der Waals surface area contributed by atoms with E-state index in [0.717, 1.165) is 4.90 Å². The lowest BCUT2D eigenvalue weighted by Crippen LogP contribution is -2.33. The third-order valence-electron chi connectivity index (χ3n) is 7.65. The number of aliphatic hydroxyl groups excluding tert-OH is 5. The SMILES string of the molecule is CCC(CO)OC(CO)OC.CCC(CO)OC(CO)OCCNC(=O)CCCCN1C(=O)C=CC1=O.CCC(CO)OC(COC(=O)CCCC(=O)O)OC. The van der Waals surface area contributed by atoms with Crippen molar-refractivity contribution in [1.82, 2.24) is 10.2 Å². The van der Waals surface area contributed by atoms with E-state index >= 15 is 0 Å². The van der Waals surface area contributed by atoms with Crippen LogP contribution < -0.4 is 5.32 Å². The zero-order chi connectivity index (χ0) is 42.7. The fourth-order valence-corrected chi connectivity index (χ4v) is 4.21. The Morgan fingerprint density at radius 2 is 1.18 bits per heavy atom. The number of aliphatic hydroxyl groups is 5. The monoisotopic (exact) mass is 814 g/mol. The average molecular weight is 815 g/mol. The van der Waals surface area contributed by atoms with Gasteiger partial charge in [-0.25, -0.2) is 0 Å². The Balaban J connectivity index is 0. The molecule has 0 radical (unpaired) electrons. The van der Waals surface area contributed by atoms with Crippen molar-refractivity contribution < 1.29 is 87.8 Å². The fraction of sp³-hybridized carbons (Fsp3) is 0.806. The third-order valence-corrected chi connectivity index (χ3v) is 7.65. The highest BCUT2D eigenvalue weighted by Crippen LogP contribution is 2.08. The number of hydrogen-bond acceptors (Lipinski definition) is 17. The Hall–Kier alpha value is -3.15. The predicted octanol–water partition coefficient (Wildman–Crippen LogP) is -0.396. The van der Waals surface area contributed by atoms with Crippen LogP contribution in [-0.4, -0.2) is 176 Å². The molecule has 1 aliphatic rings. The summed E-state index contributed by atoms with van der Waals surface area (Å²) in [5.74, 6) is -2.23. The van der Waals surface area contributed by atoms with Crippen molar-refractivity contribution in [2.45, 2.75) is 116 Å². The average Bonchev–Trinajstić information content (AvgIpc) is 3.52. The number of imide groups is 1. The van der Waals surface area contributed by atoms with Crippen LogP contribution in [0.25, 0.3) is 0 Å². The molecule has 1 heterocycles. The summed E-state index contributed by atoms with van der Waals surface area (Å²) in [5.41, 5.74) is 0. The Labute approximate surface area is 329 Å². The van der Waals surface area contributed by atoms with Crippen LogP contribution >= 0.6 is 0 Å². The maximum Gasteiger partial charge on any atom is 0.305 e. The van der Waals surface area contributed by atoms with E-state index in [4.69, 9.17) is 63.8 Å². The minimum Gasteiger partial charge on any atom is -0.481 e. The molecule has 20 nitrogen and oxygen atoms in total. The van der Waals surface area contributed by atoms with Gasteiger partial charge in [0, 0.05) is 58.7 Å². The summed E-state index contributed by atoms with van der Waals surface area (Å²) in [7, 11) is 2.86. The molecule has 0 saturated heterocycles. The van der Waals surface area contributed by atoms with Crippen LogP contribution in [0.3, 0.4) is 0 Å². The number of aliphatic carboxylic acids is 1. The maximum atomic E-state index is 11.7. The van der Waals surface area contributed by atoms with Crippen LogP contribution in [0.5, 0.6) is 0 Å². The molecule has 0 spiro atoms. The highest BCUT2D eigenvalue weighted by atomic mass is 16.7. The molecule has 0 fully saturated rings. The smallest absolute Gasteiger partial charge is 0.305 e. The number of carboxylic acid groups (broad SMARTS) is 1. The zero-order valence-corrected chi connectivity index (χ0v) is 33.4. The van der Waals surface area contributed by atoms with E-state index in [1.807, 2.05) is 20.8 Å². The van der Waals surface area contributed by atoms with Crippen LogP contribution in [0, 0.1) is 0 Å². The van der Waals surface area contributed by atoms with Crippen LogP contribution in [0.4, 0.5) is 0 Å². The first-order valence-electron chi connectivity index (χ1n) is 18.7. The second kappa shape index (κ2) is 36.2. The molecule has 7 N–H and O–H groups in total. The van der Waals surface area contributed by atoms with Crippen molar-refractivity contribution in [2.24, 2.45) is 0 Å². The van der Waals surface area contributed by atoms with Crippen LogP contribution in [0.2, 0.25) is 0 Å².